The third-order valence-corrected chi connectivity index (χ3v) is 4.73. The van der Waals surface area contributed by atoms with Gasteiger partial charge in [-0.15, -0.1) is 0 Å². The van der Waals surface area contributed by atoms with Crippen LogP contribution >= 0.6 is 23.2 Å². The number of carbonyl (C=O) groups excluding carboxylic acids is 2. The van der Waals surface area contributed by atoms with E-state index in [0.29, 0.717) is 29.2 Å². The second-order valence-electron chi connectivity index (χ2n) is 6.32. The number of ether oxygens (including phenoxy) is 2. The molecule has 6 heteroatoms. The van der Waals surface area contributed by atoms with E-state index >= 15 is 0 Å². The van der Waals surface area contributed by atoms with E-state index in [9.17, 15) is 9.59 Å². The molecule has 0 N–H and O–H groups in total. The fourth-order valence-corrected chi connectivity index (χ4v) is 3.28. The van der Waals surface area contributed by atoms with Gasteiger partial charge in [-0.2, -0.15) is 0 Å². The lowest BCUT2D eigenvalue weighted by atomic mass is 10.1. The highest BCUT2D eigenvalue weighted by Gasteiger charge is 2.15. The lowest BCUT2D eigenvalue weighted by Crippen LogP contribution is -2.11. The van der Waals surface area contributed by atoms with Crippen LogP contribution in [0, 0.1) is 0 Å². The third-order valence-electron chi connectivity index (χ3n) is 4.14. The summed E-state index contributed by atoms with van der Waals surface area (Å²) in [5.41, 5.74) is 0. The Morgan fingerprint density at radius 1 is 0.889 bits per heavy atom. The predicted octanol–water partition coefficient (Wildman–Crippen LogP) is 6.35. The Labute approximate surface area is 169 Å². The Kier molecular flexibility index (Phi) is 8.89. The number of benzene rings is 2. The van der Waals surface area contributed by atoms with Gasteiger partial charge in [-0.1, -0.05) is 73.7 Å². The zero-order chi connectivity index (χ0) is 19.6. The normalized spacial score (nSPS) is 10.8. The van der Waals surface area contributed by atoms with E-state index in [4.69, 9.17) is 32.7 Å². The molecule has 0 amide bonds. The van der Waals surface area contributed by atoms with Crippen LogP contribution in [0.3, 0.4) is 0 Å². The van der Waals surface area contributed by atoms with Gasteiger partial charge in [0.2, 0.25) is 0 Å². The molecule has 0 heterocycles. The highest BCUT2D eigenvalue weighted by Crippen LogP contribution is 2.38. The number of carbonyl (C=O) groups is 2. The molecule has 0 fully saturated rings. The summed E-state index contributed by atoms with van der Waals surface area (Å²) in [6, 6.07) is 8.86. The van der Waals surface area contributed by atoms with E-state index in [1.54, 1.807) is 12.1 Å². The molecule has 2 aromatic rings. The van der Waals surface area contributed by atoms with E-state index < -0.39 is 5.97 Å². The zero-order valence-electron chi connectivity index (χ0n) is 15.4. The molecule has 0 aliphatic carbocycles. The minimum Gasteiger partial charge on any atom is -0.466 e. The molecular weight excluding hydrogens is 387 g/mol. The summed E-state index contributed by atoms with van der Waals surface area (Å²) in [7, 11) is 0. The van der Waals surface area contributed by atoms with Crippen LogP contribution in [0.4, 0.5) is 0 Å². The van der Waals surface area contributed by atoms with Crippen LogP contribution in [0.2, 0.25) is 10.0 Å². The van der Waals surface area contributed by atoms with Crippen molar-refractivity contribution in [2.45, 2.75) is 51.9 Å². The van der Waals surface area contributed by atoms with Gasteiger partial charge in [-0.05, 0) is 18.9 Å². The Hall–Kier alpha value is -1.78. The zero-order valence-corrected chi connectivity index (χ0v) is 16.9. The fourth-order valence-electron chi connectivity index (χ4n) is 2.71. The van der Waals surface area contributed by atoms with Gasteiger partial charge in [0, 0.05) is 23.6 Å². The van der Waals surface area contributed by atoms with Gasteiger partial charge >= 0.3 is 11.9 Å². The second-order valence-corrected chi connectivity index (χ2v) is 7.14. The Balaban J connectivity index is 1.81. The molecule has 2 rings (SSSR count). The molecule has 4 nitrogen and oxygen atoms in total. The smallest absolute Gasteiger partial charge is 0.311 e. The first-order chi connectivity index (χ1) is 13.0. The van der Waals surface area contributed by atoms with Crippen molar-refractivity contribution in [3.05, 3.63) is 40.4 Å². The predicted molar refractivity (Wildman–Crippen MR) is 109 cm³/mol. The van der Waals surface area contributed by atoms with E-state index in [2.05, 4.69) is 6.92 Å². The molecule has 0 spiro atoms. The van der Waals surface area contributed by atoms with Crippen molar-refractivity contribution in [3.63, 3.8) is 0 Å². The molecule has 2 aromatic carbocycles. The molecule has 0 radical (unpaired) electrons. The van der Waals surface area contributed by atoms with Crippen molar-refractivity contribution in [2.75, 3.05) is 6.61 Å². The molecule has 0 saturated heterocycles. The molecule has 27 heavy (non-hydrogen) atoms. The standard InChI is InChI=1S/C21H24Cl2O4/c1-2-3-4-7-13-26-19(24)11-8-12-20(25)27-21-16-10-6-5-9-15(16)17(22)14-18(21)23/h5-6,9-10,14H,2-4,7-8,11-13H2,1H3. The molecule has 0 aliphatic heterocycles. The van der Waals surface area contributed by atoms with E-state index in [0.717, 1.165) is 31.1 Å². The van der Waals surface area contributed by atoms with Crippen LogP contribution in [-0.2, 0) is 14.3 Å². The SMILES string of the molecule is CCCCCCOC(=O)CCCC(=O)Oc1c(Cl)cc(Cl)c2ccccc12. The van der Waals surface area contributed by atoms with Crippen LogP contribution in [0.1, 0.15) is 51.9 Å². The first-order valence-corrected chi connectivity index (χ1v) is 10.0. The lowest BCUT2D eigenvalue weighted by molar-refractivity contribution is -0.144. The van der Waals surface area contributed by atoms with Crippen LogP contribution in [0.15, 0.2) is 30.3 Å². The number of fused-ring (bicyclic) bond motifs is 1. The van der Waals surface area contributed by atoms with E-state index in [1.807, 2.05) is 18.2 Å². The number of hydrogen-bond acceptors (Lipinski definition) is 4. The van der Waals surface area contributed by atoms with E-state index in [-0.39, 0.29) is 23.8 Å². The monoisotopic (exact) mass is 410 g/mol. The van der Waals surface area contributed by atoms with Crippen LogP contribution in [0.5, 0.6) is 5.75 Å². The summed E-state index contributed by atoms with van der Waals surface area (Å²) >= 11 is 12.4. The van der Waals surface area contributed by atoms with Gasteiger partial charge in [0.25, 0.3) is 0 Å². The average molecular weight is 411 g/mol. The number of halogens is 2. The second kappa shape index (κ2) is 11.2. The number of rotatable bonds is 10. The Bertz CT molecular complexity index is 789. The van der Waals surface area contributed by atoms with Gasteiger partial charge in [0.15, 0.2) is 5.75 Å². The molecule has 0 aliphatic rings. The lowest BCUT2D eigenvalue weighted by Gasteiger charge is -2.11. The molecule has 146 valence electrons. The molecule has 0 atom stereocenters. The largest absolute Gasteiger partial charge is 0.466 e. The molecule has 0 bridgehead atoms. The van der Waals surface area contributed by atoms with Crippen LogP contribution < -0.4 is 4.74 Å². The van der Waals surface area contributed by atoms with Gasteiger partial charge in [-0.3, -0.25) is 9.59 Å². The van der Waals surface area contributed by atoms with Crippen molar-refractivity contribution in [1.82, 2.24) is 0 Å². The third kappa shape index (κ3) is 6.71. The first kappa shape index (κ1) is 21.5. The number of unbranched alkanes of at least 4 members (excludes halogenated alkanes) is 3. The fraction of sp³-hybridized carbons (Fsp3) is 0.429. The summed E-state index contributed by atoms with van der Waals surface area (Å²) < 4.78 is 10.6. The van der Waals surface area contributed by atoms with Crippen molar-refractivity contribution in [3.8, 4) is 5.75 Å². The van der Waals surface area contributed by atoms with Gasteiger partial charge in [0.1, 0.15) is 0 Å². The minimum absolute atomic E-state index is 0.109. The number of hydrogen-bond donors (Lipinski definition) is 0. The van der Waals surface area contributed by atoms with Crippen molar-refractivity contribution in [2.24, 2.45) is 0 Å². The summed E-state index contributed by atoms with van der Waals surface area (Å²) in [5, 5.41) is 2.21. The van der Waals surface area contributed by atoms with Crippen LogP contribution in [-0.4, -0.2) is 18.5 Å². The maximum Gasteiger partial charge on any atom is 0.311 e. The highest BCUT2D eigenvalue weighted by atomic mass is 35.5. The summed E-state index contributed by atoms with van der Waals surface area (Å²) in [6.45, 7) is 2.57. The Morgan fingerprint density at radius 2 is 1.59 bits per heavy atom. The minimum atomic E-state index is -0.444. The Morgan fingerprint density at radius 3 is 2.33 bits per heavy atom. The van der Waals surface area contributed by atoms with Crippen molar-refractivity contribution >= 4 is 45.9 Å². The van der Waals surface area contributed by atoms with Gasteiger partial charge < -0.3 is 9.47 Å². The maximum atomic E-state index is 12.1. The summed E-state index contributed by atoms with van der Waals surface area (Å²) in [5.74, 6) is -0.436. The van der Waals surface area contributed by atoms with Gasteiger partial charge in [0.05, 0.1) is 16.7 Å². The maximum absolute atomic E-state index is 12.1. The molecule has 0 unspecified atom stereocenters. The van der Waals surface area contributed by atoms with Crippen LogP contribution in [0.25, 0.3) is 10.8 Å². The van der Waals surface area contributed by atoms with Crippen molar-refractivity contribution in [1.29, 1.82) is 0 Å². The quantitative estimate of drug-likeness (QED) is 0.260. The van der Waals surface area contributed by atoms with Crippen molar-refractivity contribution < 1.29 is 19.1 Å². The summed E-state index contributed by atoms with van der Waals surface area (Å²) in [4.78, 5) is 23.8. The first-order valence-electron chi connectivity index (χ1n) is 9.26. The number of esters is 2. The van der Waals surface area contributed by atoms with Gasteiger partial charge in [-0.25, -0.2) is 0 Å². The highest BCUT2D eigenvalue weighted by molar-refractivity contribution is 6.40. The van der Waals surface area contributed by atoms with E-state index in [1.165, 1.54) is 0 Å². The molecule has 0 aromatic heterocycles. The molecular formula is C21H24Cl2O4. The molecule has 0 saturated carbocycles. The summed E-state index contributed by atoms with van der Waals surface area (Å²) in [6.07, 6.45) is 4.90. The topological polar surface area (TPSA) is 52.6 Å². The average Bonchev–Trinajstić information content (AvgIpc) is 2.65.